The molecule has 2 bridgehead atoms. The molecule has 4 aromatic carbocycles. The van der Waals surface area contributed by atoms with Crippen molar-refractivity contribution in [1.82, 2.24) is 5.43 Å². The number of amides is 3. The van der Waals surface area contributed by atoms with Crippen LogP contribution in [0.3, 0.4) is 0 Å². The predicted octanol–water partition coefficient (Wildman–Crippen LogP) is 5.62. The standard InChI is InChI=1S/C34H26ClN3O4/c1-19-14-15-21(35)17-27(19)38-32(40)29-28-23-10-3-5-12-25(23)34(30(29)33(38)41,26-13-6-4-11-24(26)28)18-36-37-31(39)20-8-7-9-22(16-20)42-2/h3-18,28-30H,1-2H3,(H,37,39)/b36-18-/t28?,29-,30-,34?/m0/s1. The maximum atomic E-state index is 14.5. The average Bonchev–Trinajstić information content (AvgIpc) is 3.28. The minimum atomic E-state index is -1.10. The van der Waals surface area contributed by atoms with Gasteiger partial charge in [-0.15, -0.1) is 0 Å². The van der Waals surface area contributed by atoms with E-state index in [1.165, 1.54) is 12.0 Å². The summed E-state index contributed by atoms with van der Waals surface area (Å²) in [4.78, 5) is 43.2. The minimum absolute atomic E-state index is 0.262. The van der Waals surface area contributed by atoms with Crippen molar-refractivity contribution in [3.8, 4) is 5.75 Å². The molecule has 7 nitrogen and oxygen atoms in total. The van der Waals surface area contributed by atoms with Crippen LogP contribution in [-0.4, -0.2) is 31.0 Å². The molecule has 4 aliphatic rings. The summed E-state index contributed by atoms with van der Waals surface area (Å²) in [5.41, 5.74) is 6.96. The highest BCUT2D eigenvalue weighted by Crippen LogP contribution is 2.63. The lowest BCUT2D eigenvalue weighted by molar-refractivity contribution is -0.122. The van der Waals surface area contributed by atoms with E-state index in [-0.39, 0.29) is 17.7 Å². The van der Waals surface area contributed by atoms with Crippen LogP contribution in [0, 0.1) is 18.8 Å². The van der Waals surface area contributed by atoms with Crippen LogP contribution in [0.1, 0.15) is 44.1 Å². The first-order valence-electron chi connectivity index (χ1n) is 13.7. The maximum Gasteiger partial charge on any atom is 0.271 e. The van der Waals surface area contributed by atoms with Crippen LogP contribution < -0.4 is 15.1 Å². The second-order valence-corrected chi connectivity index (χ2v) is 11.3. The summed E-state index contributed by atoms with van der Waals surface area (Å²) in [6.07, 6.45) is 1.65. The number of hydrogen-bond donors (Lipinski definition) is 1. The Labute approximate surface area is 247 Å². The van der Waals surface area contributed by atoms with E-state index < -0.39 is 23.2 Å². The Kier molecular flexibility index (Phi) is 6.02. The van der Waals surface area contributed by atoms with Gasteiger partial charge in [-0.1, -0.05) is 72.3 Å². The first kappa shape index (κ1) is 26.2. The second kappa shape index (κ2) is 9.67. The zero-order valence-corrected chi connectivity index (χ0v) is 23.6. The number of ether oxygens (including phenoxy) is 1. The summed E-state index contributed by atoms with van der Waals surface area (Å²) in [5.74, 6) is -2.17. The number of methoxy groups -OCH3 is 1. The Morgan fingerprint density at radius 3 is 2.31 bits per heavy atom. The van der Waals surface area contributed by atoms with Crippen LogP contribution in [0.5, 0.6) is 5.75 Å². The highest BCUT2D eigenvalue weighted by molar-refractivity contribution is 6.31. The zero-order chi connectivity index (χ0) is 29.2. The molecule has 3 aliphatic carbocycles. The molecule has 2 atom stereocenters. The summed E-state index contributed by atoms with van der Waals surface area (Å²) in [5, 5.41) is 4.91. The number of carbonyl (C=O) groups is 3. The van der Waals surface area contributed by atoms with Crippen molar-refractivity contribution >= 4 is 41.2 Å². The third-order valence-electron chi connectivity index (χ3n) is 8.86. The topological polar surface area (TPSA) is 88.1 Å². The molecule has 0 saturated carbocycles. The molecule has 208 valence electrons. The summed E-state index contributed by atoms with van der Waals surface area (Å²) in [6, 6.07) is 27.8. The van der Waals surface area contributed by atoms with Crippen molar-refractivity contribution < 1.29 is 19.1 Å². The molecule has 4 aromatic rings. The van der Waals surface area contributed by atoms with Crippen molar-refractivity contribution in [2.24, 2.45) is 16.9 Å². The molecule has 1 heterocycles. The van der Waals surface area contributed by atoms with E-state index in [0.29, 0.717) is 22.0 Å². The fraction of sp³-hybridized carbons (Fsp3) is 0.176. The Morgan fingerprint density at radius 1 is 0.929 bits per heavy atom. The van der Waals surface area contributed by atoms with Crippen LogP contribution in [0.4, 0.5) is 5.69 Å². The highest BCUT2D eigenvalue weighted by Gasteiger charge is 2.68. The molecule has 8 rings (SSSR count). The van der Waals surface area contributed by atoms with Crippen LogP contribution in [-0.2, 0) is 15.0 Å². The SMILES string of the molecule is COc1cccc(C(=O)N/N=C\C23c4ccccc4C(c4ccccc42)[C@@H]2C(=O)N(c4cc(Cl)ccc4C)C(=O)[C@H]23)c1. The Balaban J connectivity index is 1.40. The quantitative estimate of drug-likeness (QED) is 0.190. The number of anilines is 1. The third-order valence-corrected chi connectivity index (χ3v) is 9.10. The fourth-order valence-corrected chi connectivity index (χ4v) is 7.30. The molecule has 1 saturated heterocycles. The zero-order valence-electron chi connectivity index (χ0n) is 22.9. The number of hydrogen-bond acceptors (Lipinski definition) is 5. The van der Waals surface area contributed by atoms with Gasteiger partial charge >= 0.3 is 0 Å². The molecule has 3 amide bonds. The maximum absolute atomic E-state index is 14.5. The molecule has 42 heavy (non-hydrogen) atoms. The van der Waals surface area contributed by atoms with Gasteiger partial charge in [0.1, 0.15) is 5.75 Å². The van der Waals surface area contributed by atoms with E-state index in [1.807, 2.05) is 61.5 Å². The smallest absolute Gasteiger partial charge is 0.271 e. The lowest BCUT2D eigenvalue weighted by Gasteiger charge is -2.52. The lowest BCUT2D eigenvalue weighted by atomic mass is 9.47. The van der Waals surface area contributed by atoms with Crippen LogP contribution in [0.15, 0.2) is 96.1 Å². The van der Waals surface area contributed by atoms with Crippen LogP contribution in [0.25, 0.3) is 0 Å². The number of carbonyl (C=O) groups excluding carboxylic acids is 3. The third kappa shape index (κ3) is 3.59. The van der Waals surface area contributed by atoms with E-state index >= 15 is 0 Å². The average molecular weight is 576 g/mol. The first-order valence-corrected chi connectivity index (χ1v) is 14.1. The van der Waals surface area contributed by atoms with Gasteiger partial charge in [-0.3, -0.25) is 14.4 Å². The molecular formula is C34H26ClN3O4. The van der Waals surface area contributed by atoms with Gasteiger partial charge in [0.25, 0.3) is 5.91 Å². The molecule has 0 unspecified atom stereocenters. The Bertz CT molecular complexity index is 1790. The van der Waals surface area contributed by atoms with Gasteiger partial charge in [-0.2, -0.15) is 5.10 Å². The van der Waals surface area contributed by atoms with E-state index in [2.05, 4.69) is 10.5 Å². The number of imide groups is 1. The predicted molar refractivity (Wildman–Crippen MR) is 160 cm³/mol. The van der Waals surface area contributed by atoms with Crippen molar-refractivity contribution in [3.05, 3.63) is 129 Å². The van der Waals surface area contributed by atoms with Crippen LogP contribution >= 0.6 is 11.6 Å². The van der Waals surface area contributed by atoms with Crippen molar-refractivity contribution in [2.75, 3.05) is 12.0 Å². The van der Waals surface area contributed by atoms with Gasteiger partial charge in [0.15, 0.2) is 0 Å². The van der Waals surface area contributed by atoms with Crippen molar-refractivity contribution in [2.45, 2.75) is 18.3 Å². The molecule has 1 fully saturated rings. The van der Waals surface area contributed by atoms with E-state index in [4.69, 9.17) is 16.3 Å². The lowest BCUT2D eigenvalue weighted by Crippen LogP contribution is -2.54. The van der Waals surface area contributed by atoms with Gasteiger partial charge in [-0.25, -0.2) is 10.3 Å². The Morgan fingerprint density at radius 2 is 1.62 bits per heavy atom. The van der Waals surface area contributed by atoms with Gasteiger partial charge in [-0.05, 0) is 65.1 Å². The van der Waals surface area contributed by atoms with E-state index in [0.717, 1.165) is 27.8 Å². The highest BCUT2D eigenvalue weighted by atomic mass is 35.5. The summed E-state index contributed by atoms with van der Waals surface area (Å²) in [6.45, 7) is 1.86. The van der Waals surface area contributed by atoms with Gasteiger partial charge in [0.05, 0.1) is 30.0 Å². The van der Waals surface area contributed by atoms with Crippen molar-refractivity contribution in [1.29, 1.82) is 0 Å². The van der Waals surface area contributed by atoms with E-state index in [1.54, 1.807) is 42.6 Å². The Hall–Kier alpha value is -4.75. The molecule has 1 N–H and O–H groups in total. The number of hydrazone groups is 1. The normalized spacial score (nSPS) is 23.5. The van der Waals surface area contributed by atoms with Gasteiger partial charge in [0, 0.05) is 22.7 Å². The molecule has 0 aromatic heterocycles. The number of nitrogens with zero attached hydrogens (tertiary/aromatic N) is 2. The number of halogens is 1. The molecule has 8 heteroatoms. The monoisotopic (exact) mass is 575 g/mol. The number of benzene rings is 4. The van der Waals surface area contributed by atoms with Crippen molar-refractivity contribution in [3.63, 3.8) is 0 Å². The van der Waals surface area contributed by atoms with Gasteiger partial charge in [0.2, 0.25) is 11.8 Å². The molecular weight excluding hydrogens is 550 g/mol. The fourth-order valence-electron chi connectivity index (χ4n) is 7.13. The number of nitrogens with one attached hydrogen (secondary N) is 1. The van der Waals surface area contributed by atoms with Crippen LogP contribution in [0.2, 0.25) is 5.02 Å². The van der Waals surface area contributed by atoms with Gasteiger partial charge < -0.3 is 4.74 Å². The summed E-state index contributed by atoms with van der Waals surface area (Å²) < 4.78 is 5.25. The molecule has 1 aliphatic heterocycles. The van der Waals surface area contributed by atoms with E-state index in [9.17, 15) is 14.4 Å². The largest absolute Gasteiger partial charge is 0.497 e. The minimum Gasteiger partial charge on any atom is -0.497 e. The molecule has 0 radical (unpaired) electrons. The second-order valence-electron chi connectivity index (χ2n) is 10.9. The summed E-state index contributed by atoms with van der Waals surface area (Å²) in [7, 11) is 1.53. The summed E-state index contributed by atoms with van der Waals surface area (Å²) >= 11 is 6.34. The first-order chi connectivity index (χ1) is 20.4. The number of rotatable bonds is 5. The molecule has 0 spiro atoms. The number of aryl methyl sites for hydroxylation is 1.